The molecule has 0 aromatic heterocycles. The Morgan fingerprint density at radius 1 is 1.14 bits per heavy atom. The number of carbonyl (C=O) groups excluding carboxylic acids is 1. The minimum absolute atomic E-state index is 0.155. The summed E-state index contributed by atoms with van der Waals surface area (Å²) in [4.78, 5) is 11.5. The number of nitrogens with two attached hydrogens (primary N) is 1. The Morgan fingerprint density at radius 2 is 1.86 bits per heavy atom. The van der Waals surface area contributed by atoms with Gasteiger partial charge >= 0.3 is 5.97 Å². The van der Waals surface area contributed by atoms with Gasteiger partial charge in [0.15, 0.2) is 0 Å². The van der Waals surface area contributed by atoms with Crippen LogP contribution in [-0.2, 0) is 9.53 Å². The third kappa shape index (κ3) is 4.60. The lowest BCUT2D eigenvalue weighted by molar-refractivity contribution is -0.143. The van der Waals surface area contributed by atoms with Crippen molar-refractivity contribution in [3.63, 3.8) is 0 Å². The molecule has 0 aliphatic rings. The van der Waals surface area contributed by atoms with E-state index in [1.807, 2.05) is 55.5 Å². The van der Waals surface area contributed by atoms with Crippen LogP contribution in [0.25, 0.3) is 0 Å². The predicted molar refractivity (Wildman–Crippen MR) is 85.9 cm³/mol. The van der Waals surface area contributed by atoms with Gasteiger partial charge in [-0.25, -0.2) is 0 Å². The molecular formula is C18H21NO3. The van der Waals surface area contributed by atoms with E-state index < -0.39 is 6.04 Å². The van der Waals surface area contributed by atoms with Crippen molar-refractivity contribution >= 4 is 5.97 Å². The number of hydrogen-bond acceptors (Lipinski definition) is 4. The normalized spacial score (nSPS) is 11.8. The van der Waals surface area contributed by atoms with Gasteiger partial charge in [-0.15, -0.1) is 0 Å². The van der Waals surface area contributed by atoms with Crippen LogP contribution in [0.5, 0.6) is 11.5 Å². The quantitative estimate of drug-likeness (QED) is 0.825. The summed E-state index contributed by atoms with van der Waals surface area (Å²) >= 11 is 0. The SMILES string of the molecule is CCOC(=O)C[C@H](N)c1cccc(Oc2ccc(C)cc2)c1. The van der Waals surface area contributed by atoms with Crippen LogP contribution in [-0.4, -0.2) is 12.6 Å². The highest BCUT2D eigenvalue weighted by molar-refractivity contribution is 5.70. The summed E-state index contributed by atoms with van der Waals surface area (Å²) in [6, 6.07) is 14.9. The Labute approximate surface area is 130 Å². The summed E-state index contributed by atoms with van der Waals surface area (Å²) in [5.41, 5.74) is 8.08. The smallest absolute Gasteiger partial charge is 0.307 e. The summed E-state index contributed by atoms with van der Waals surface area (Å²) in [6.45, 7) is 4.17. The average molecular weight is 299 g/mol. The van der Waals surface area contributed by atoms with Gasteiger partial charge in [0.2, 0.25) is 0 Å². The molecule has 0 radical (unpaired) electrons. The van der Waals surface area contributed by atoms with Gasteiger partial charge in [-0.3, -0.25) is 4.79 Å². The molecule has 1 atom stereocenters. The van der Waals surface area contributed by atoms with Gasteiger partial charge in [0, 0.05) is 6.04 Å². The van der Waals surface area contributed by atoms with E-state index in [2.05, 4.69) is 0 Å². The first-order valence-corrected chi connectivity index (χ1v) is 7.34. The van der Waals surface area contributed by atoms with Crippen molar-refractivity contribution in [3.05, 3.63) is 59.7 Å². The maximum absolute atomic E-state index is 11.5. The number of rotatable bonds is 6. The summed E-state index contributed by atoms with van der Waals surface area (Å²) in [6.07, 6.45) is 0.155. The summed E-state index contributed by atoms with van der Waals surface area (Å²) < 4.78 is 10.7. The molecule has 0 saturated heterocycles. The molecule has 2 aromatic rings. The Kier molecular flexibility index (Phi) is 5.55. The molecule has 0 bridgehead atoms. The minimum Gasteiger partial charge on any atom is -0.466 e. The third-order valence-electron chi connectivity index (χ3n) is 3.23. The number of hydrogen-bond donors (Lipinski definition) is 1. The van der Waals surface area contributed by atoms with Crippen molar-refractivity contribution in [1.29, 1.82) is 0 Å². The lowest BCUT2D eigenvalue weighted by atomic mass is 10.0. The highest BCUT2D eigenvalue weighted by Gasteiger charge is 2.13. The summed E-state index contributed by atoms with van der Waals surface area (Å²) in [5, 5.41) is 0. The van der Waals surface area contributed by atoms with E-state index in [4.69, 9.17) is 15.2 Å². The van der Waals surface area contributed by atoms with Crippen LogP contribution < -0.4 is 10.5 Å². The van der Waals surface area contributed by atoms with Crippen LogP contribution >= 0.6 is 0 Å². The molecular weight excluding hydrogens is 278 g/mol. The maximum Gasteiger partial charge on any atom is 0.307 e. The fourth-order valence-corrected chi connectivity index (χ4v) is 2.07. The topological polar surface area (TPSA) is 61.5 Å². The summed E-state index contributed by atoms with van der Waals surface area (Å²) in [7, 11) is 0. The van der Waals surface area contributed by atoms with E-state index in [9.17, 15) is 4.79 Å². The van der Waals surface area contributed by atoms with Gasteiger partial charge in [-0.1, -0.05) is 29.8 Å². The molecule has 0 unspecified atom stereocenters. The molecule has 0 spiro atoms. The Balaban J connectivity index is 2.05. The lowest BCUT2D eigenvalue weighted by Gasteiger charge is -2.13. The van der Waals surface area contributed by atoms with Gasteiger partial charge in [0.05, 0.1) is 13.0 Å². The monoisotopic (exact) mass is 299 g/mol. The average Bonchev–Trinajstić information content (AvgIpc) is 2.50. The van der Waals surface area contributed by atoms with Crippen LogP contribution in [0.2, 0.25) is 0 Å². The van der Waals surface area contributed by atoms with Crippen molar-refractivity contribution in [1.82, 2.24) is 0 Å². The van der Waals surface area contributed by atoms with Gasteiger partial charge in [-0.05, 0) is 43.7 Å². The fourth-order valence-electron chi connectivity index (χ4n) is 2.07. The van der Waals surface area contributed by atoms with E-state index in [1.165, 1.54) is 5.56 Å². The molecule has 4 heteroatoms. The van der Waals surface area contributed by atoms with E-state index in [0.717, 1.165) is 11.3 Å². The van der Waals surface area contributed by atoms with Crippen molar-refractivity contribution in [2.24, 2.45) is 5.73 Å². The van der Waals surface area contributed by atoms with E-state index in [-0.39, 0.29) is 12.4 Å². The zero-order valence-corrected chi connectivity index (χ0v) is 12.9. The number of esters is 1. The molecule has 4 nitrogen and oxygen atoms in total. The first kappa shape index (κ1) is 16.0. The molecule has 0 aliphatic carbocycles. The van der Waals surface area contributed by atoms with Crippen LogP contribution in [0.1, 0.15) is 30.5 Å². The zero-order chi connectivity index (χ0) is 15.9. The third-order valence-corrected chi connectivity index (χ3v) is 3.23. The van der Waals surface area contributed by atoms with Crippen molar-refractivity contribution in [2.45, 2.75) is 26.3 Å². The maximum atomic E-state index is 11.5. The predicted octanol–water partition coefficient (Wildman–Crippen LogP) is 3.74. The highest BCUT2D eigenvalue weighted by Crippen LogP contribution is 2.25. The van der Waals surface area contributed by atoms with Crippen LogP contribution in [0.15, 0.2) is 48.5 Å². The Hall–Kier alpha value is -2.33. The van der Waals surface area contributed by atoms with Crippen molar-refractivity contribution in [2.75, 3.05) is 6.61 Å². The molecule has 116 valence electrons. The molecule has 2 rings (SSSR count). The molecule has 0 fully saturated rings. The van der Waals surface area contributed by atoms with E-state index in [1.54, 1.807) is 6.92 Å². The fraction of sp³-hybridized carbons (Fsp3) is 0.278. The largest absolute Gasteiger partial charge is 0.466 e. The van der Waals surface area contributed by atoms with Gasteiger partial charge in [-0.2, -0.15) is 0 Å². The van der Waals surface area contributed by atoms with Gasteiger partial charge in [0.25, 0.3) is 0 Å². The van der Waals surface area contributed by atoms with Gasteiger partial charge in [0.1, 0.15) is 11.5 Å². The minimum atomic E-state index is -0.402. The second kappa shape index (κ2) is 7.61. The molecule has 22 heavy (non-hydrogen) atoms. The van der Waals surface area contributed by atoms with Crippen LogP contribution in [0, 0.1) is 6.92 Å². The molecule has 0 saturated carbocycles. The van der Waals surface area contributed by atoms with Gasteiger partial charge < -0.3 is 15.2 Å². The van der Waals surface area contributed by atoms with Crippen molar-refractivity contribution < 1.29 is 14.3 Å². The Bertz CT molecular complexity index is 622. The van der Waals surface area contributed by atoms with Crippen molar-refractivity contribution in [3.8, 4) is 11.5 Å². The molecule has 0 aliphatic heterocycles. The lowest BCUT2D eigenvalue weighted by Crippen LogP contribution is -2.17. The second-order valence-corrected chi connectivity index (χ2v) is 5.10. The first-order valence-electron chi connectivity index (χ1n) is 7.34. The van der Waals surface area contributed by atoms with Crippen LogP contribution in [0.3, 0.4) is 0 Å². The number of carbonyl (C=O) groups is 1. The molecule has 0 amide bonds. The van der Waals surface area contributed by atoms with Crippen LogP contribution in [0.4, 0.5) is 0 Å². The second-order valence-electron chi connectivity index (χ2n) is 5.10. The highest BCUT2D eigenvalue weighted by atomic mass is 16.5. The number of aryl methyl sites for hydroxylation is 1. The molecule has 0 heterocycles. The molecule has 2 N–H and O–H groups in total. The Morgan fingerprint density at radius 3 is 2.55 bits per heavy atom. The first-order chi connectivity index (χ1) is 10.6. The van der Waals surface area contributed by atoms with E-state index in [0.29, 0.717) is 12.4 Å². The number of ether oxygens (including phenoxy) is 2. The standard InChI is InChI=1S/C18H21NO3/c1-3-21-18(20)12-17(19)14-5-4-6-16(11-14)22-15-9-7-13(2)8-10-15/h4-11,17H,3,12,19H2,1-2H3/t17-/m0/s1. The zero-order valence-electron chi connectivity index (χ0n) is 12.9. The number of benzene rings is 2. The summed E-state index contributed by atoms with van der Waals surface area (Å²) in [5.74, 6) is 1.17. The molecule has 2 aromatic carbocycles. The van der Waals surface area contributed by atoms with E-state index >= 15 is 0 Å².